The van der Waals surface area contributed by atoms with E-state index < -0.39 is 0 Å². The normalized spacial score (nSPS) is 16.1. The summed E-state index contributed by atoms with van der Waals surface area (Å²) in [7, 11) is 0. The Morgan fingerprint density at radius 3 is 2.80 bits per heavy atom. The van der Waals surface area contributed by atoms with E-state index in [1.165, 1.54) is 32.4 Å². The molecule has 20 heavy (non-hydrogen) atoms. The Morgan fingerprint density at radius 1 is 1.30 bits per heavy atom. The van der Waals surface area contributed by atoms with Crippen LogP contribution in [0.1, 0.15) is 38.4 Å². The molecule has 6 heteroatoms. The third kappa shape index (κ3) is 4.61. The molecule has 0 amide bonds. The van der Waals surface area contributed by atoms with E-state index >= 15 is 0 Å². The monoisotopic (exact) mass is 279 g/mol. The van der Waals surface area contributed by atoms with Crippen molar-refractivity contribution >= 4 is 5.82 Å². The van der Waals surface area contributed by atoms with Crippen LogP contribution >= 0.6 is 0 Å². The van der Waals surface area contributed by atoms with Gasteiger partial charge in [0.05, 0.1) is 0 Å². The number of aryl methyl sites for hydroxylation is 1. The standard InChI is InChI=1S/C14H25N5O/c1-2-6-12-16-13(18-15)11-14(17-12)20-10-9-19-7-4-3-5-8-19/h11H,2-10,15H2,1H3,(H,16,17,18). The molecule has 6 nitrogen and oxygen atoms in total. The highest BCUT2D eigenvalue weighted by Gasteiger charge is 2.10. The number of hydrogen-bond donors (Lipinski definition) is 2. The second kappa shape index (κ2) is 8.01. The molecule has 112 valence electrons. The van der Waals surface area contributed by atoms with Crippen molar-refractivity contribution in [2.45, 2.75) is 39.0 Å². The number of anilines is 1. The lowest BCUT2D eigenvalue weighted by atomic mass is 10.1. The molecule has 0 aromatic carbocycles. The summed E-state index contributed by atoms with van der Waals surface area (Å²) in [5.41, 5.74) is 2.56. The zero-order valence-corrected chi connectivity index (χ0v) is 12.3. The number of nitrogen functional groups attached to an aromatic ring is 1. The molecule has 1 aliphatic rings. The molecule has 0 unspecified atom stereocenters. The van der Waals surface area contributed by atoms with Crippen molar-refractivity contribution in [1.82, 2.24) is 14.9 Å². The maximum Gasteiger partial charge on any atom is 0.218 e. The largest absolute Gasteiger partial charge is 0.476 e. The average molecular weight is 279 g/mol. The molecular weight excluding hydrogens is 254 g/mol. The third-order valence-electron chi connectivity index (χ3n) is 3.48. The minimum Gasteiger partial charge on any atom is -0.476 e. The summed E-state index contributed by atoms with van der Waals surface area (Å²) < 4.78 is 5.75. The van der Waals surface area contributed by atoms with E-state index in [2.05, 4.69) is 27.2 Å². The van der Waals surface area contributed by atoms with E-state index in [1.54, 1.807) is 6.07 Å². The van der Waals surface area contributed by atoms with Gasteiger partial charge in [0.2, 0.25) is 5.88 Å². The van der Waals surface area contributed by atoms with Crippen LogP contribution in [-0.4, -0.2) is 41.1 Å². The maximum absolute atomic E-state index is 5.75. The first-order chi connectivity index (χ1) is 9.81. The van der Waals surface area contributed by atoms with Gasteiger partial charge in [-0.2, -0.15) is 4.98 Å². The predicted molar refractivity (Wildman–Crippen MR) is 79.6 cm³/mol. The molecule has 3 N–H and O–H groups in total. The number of ether oxygens (including phenoxy) is 1. The number of hydrogen-bond acceptors (Lipinski definition) is 6. The van der Waals surface area contributed by atoms with Gasteiger partial charge in [-0.15, -0.1) is 0 Å². The first-order valence-corrected chi connectivity index (χ1v) is 7.51. The van der Waals surface area contributed by atoms with Crippen molar-refractivity contribution in [2.24, 2.45) is 5.84 Å². The van der Waals surface area contributed by atoms with Gasteiger partial charge in [0.1, 0.15) is 18.2 Å². The van der Waals surface area contributed by atoms with Gasteiger partial charge in [-0.25, -0.2) is 10.8 Å². The Kier molecular flexibility index (Phi) is 6.01. The van der Waals surface area contributed by atoms with Gasteiger partial charge in [-0.3, -0.25) is 4.90 Å². The van der Waals surface area contributed by atoms with Crippen LogP contribution in [0.4, 0.5) is 5.82 Å². The smallest absolute Gasteiger partial charge is 0.218 e. The van der Waals surface area contributed by atoms with Crippen molar-refractivity contribution in [2.75, 3.05) is 31.7 Å². The lowest BCUT2D eigenvalue weighted by Gasteiger charge is -2.26. The molecule has 1 aliphatic heterocycles. The van der Waals surface area contributed by atoms with Crippen LogP contribution in [0.3, 0.4) is 0 Å². The van der Waals surface area contributed by atoms with Gasteiger partial charge >= 0.3 is 0 Å². The number of aromatic nitrogens is 2. The van der Waals surface area contributed by atoms with Crippen LogP contribution in [0, 0.1) is 0 Å². The Morgan fingerprint density at radius 2 is 2.10 bits per heavy atom. The molecule has 0 spiro atoms. The van der Waals surface area contributed by atoms with Crippen LogP contribution in [0.2, 0.25) is 0 Å². The van der Waals surface area contributed by atoms with E-state index in [-0.39, 0.29) is 0 Å². The Balaban J connectivity index is 1.85. The molecule has 1 aromatic rings. The number of piperidine rings is 1. The summed E-state index contributed by atoms with van der Waals surface area (Å²) in [5, 5.41) is 0. The minimum absolute atomic E-state index is 0.605. The summed E-state index contributed by atoms with van der Waals surface area (Å²) in [6, 6.07) is 1.75. The number of likely N-dealkylation sites (tertiary alicyclic amines) is 1. The van der Waals surface area contributed by atoms with Crippen molar-refractivity contribution in [1.29, 1.82) is 0 Å². The second-order valence-electron chi connectivity index (χ2n) is 5.15. The summed E-state index contributed by atoms with van der Waals surface area (Å²) in [4.78, 5) is 11.2. The Bertz CT molecular complexity index is 407. The summed E-state index contributed by atoms with van der Waals surface area (Å²) in [5.74, 6) is 7.41. The van der Waals surface area contributed by atoms with Gasteiger partial charge in [0.15, 0.2) is 0 Å². The first-order valence-electron chi connectivity index (χ1n) is 7.51. The highest BCUT2D eigenvalue weighted by atomic mass is 16.5. The van der Waals surface area contributed by atoms with Crippen molar-refractivity contribution in [3.63, 3.8) is 0 Å². The highest BCUT2D eigenvalue weighted by molar-refractivity contribution is 5.36. The quantitative estimate of drug-likeness (QED) is 0.583. The van der Waals surface area contributed by atoms with Crippen molar-refractivity contribution in [3.05, 3.63) is 11.9 Å². The second-order valence-corrected chi connectivity index (χ2v) is 5.15. The predicted octanol–water partition coefficient (Wildman–Crippen LogP) is 1.58. The summed E-state index contributed by atoms with van der Waals surface area (Å²) in [6.07, 6.45) is 5.79. The lowest BCUT2D eigenvalue weighted by Crippen LogP contribution is -2.33. The molecular formula is C14H25N5O. The molecule has 0 bridgehead atoms. The molecule has 1 aromatic heterocycles. The van der Waals surface area contributed by atoms with E-state index in [4.69, 9.17) is 10.6 Å². The number of nitrogens with zero attached hydrogens (tertiary/aromatic N) is 3. The molecule has 0 saturated carbocycles. The van der Waals surface area contributed by atoms with Crippen LogP contribution < -0.4 is 16.0 Å². The van der Waals surface area contributed by atoms with Gasteiger partial charge in [0.25, 0.3) is 0 Å². The van der Waals surface area contributed by atoms with Crippen LogP contribution in [0.25, 0.3) is 0 Å². The fraction of sp³-hybridized carbons (Fsp3) is 0.714. The molecule has 1 saturated heterocycles. The lowest BCUT2D eigenvalue weighted by molar-refractivity contribution is 0.180. The van der Waals surface area contributed by atoms with Crippen molar-refractivity contribution in [3.8, 4) is 5.88 Å². The van der Waals surface area contributed by atoms with Crippen LogP contribution in [-0.2, 0) is 6.42 Å². The van der Waals surface area contributed by atoms with Gasteiger partial charge in [-0.05, 0) is 32.4 Å². The number of nitrogens with two attached hydrogens (primary N) is 1. The Labute approximate surface area is 120 Å². The zero-order valence-electron chi connectivity index (χ0n) is 12.3. The molecule has 2 rings (SSSR count). The number of rotatable bonds is 7. The van der Waals surface area contributed by atoms with E-state index in [9.17, 15) is 0 Å². The van der Waals surface area contributed by atoms with Gasteiger partial charge < -0.3 is 10.2 Å². The summed E-state index contributed by atoms with van der Waals surface area (Å²) in [6.45, 7) is 6.08. The molecule has 2 heterocycles. The number of hydrazine groups is 1. The molecule has 0 radical (unpaired) electrons. The van der Waals surface area contributed by atoms with Crippen molar-refractivity contribution < 1.29 is 4.74 Å². The highest BCUT2D eigenvalue weighted by Crippen LogP contribution is 2.14. The average Bonchev–Trinajstić information content (AvgIpc) is 2.48. The van der Waals surface area contributed by atoms with Crippen LogP contribution in [0.5, 0.6) is 5.88 Å². The topological polar surface area (TPSA) is 76.3 Å². The zero-order chi connectivity index (χ0) is 14.2. The van der Waals surface area contributed by atoms with E-state index in [1.807, 2.05) is 0 Å². The molecule has 0 atom stereocenters. The van der Waals surface area contributed by atoms with E-state index in [0.717, 1.165) is 25.2 Å². The van der Waals surface area contributed by atoms with Gasteiger partial charge in [0, 0.05) is 19.0 Å². The number of nitrogens with one attached hydrogen (secondary N) is 1. The fourth-order valence-corrected chi connectivity index (χ4v) is 2.42. The van der Waals surface area contributed by atoms with E-state index in [0.29, 0.717) is 18.3 Å². The minimum atomic E-state index is 0.605. The van der Waals surface area contributed by atoms with Gasteiger partial charge in [-0.1, -0.05) is 13.3 Å². The first kappa shape index (κ1) is 15.0. The third-order valence-corrected chi connectivity index (χ3v) is 3.48. The summed E-state index contributed by atoms with van der Waals surface area (Å²) >= 11 is 0. The molecule has 0 aliphatic carbocycles. The Hall–Kier alpha value is -1.40. The fourth-order valence-electron chi connectivity index (χ4n) is 2.42. The molecule has 1 fully saturated rings. The SMILES string of the molecule is CCCc1nc(NN)cc(OCCN2CCCCC2)n1. The van der Waals surface area contributed by atoms with Crippen LogP contribution in [0.15, 0.2) is 6.07 Å². The maximum atomic E-state index is 5.75.